The fraction of sp³-hybridized carbons (Fsp3) is 0.0714. The van der Waals surface area contributed by atoms with Gasteiger partial charge in [-0.1, -0.05) is 6.07 Å². The van der Waals surface area contributed by atoms with Crippen LogP contribution in [0, 0.1) is 17.1 Å². The number of nitrogens with two attached hydrogens (primary N) is 1. The number of hydrogen-bond acceptors (Lipinski definition) is 6. The molecule has 21 heavy (non-hydrogen) atoms. The third kappa shape index (κ3) is 2.90. The number of nitrogens with one attached hydrogen (secondary N) is 1. The van der Waals surface area contributed by atoms with Crippen molar-refractivity contribution in [1.82, 2.24) is 4.98 Å². The van der Waals surface area contributed by atoms with Crippen LogP contribution in [0.25, 0.3) is 0 Å². The predicted molar refractivity (Wildman–Crippen MR) is 74.4 cm³/mol. The van der Waals surface area contributed by atoms with Crippen LogP contribution in [0.3, 0.4) is 0 Å². The molecule has 0 aliphatic rings. The summed E-state index contributed by atoms with van der Waals surface area (Å²) >= 11 is 0. The van der Waals surface area contributed by atoms with Crippen LogP contribution in [-0.4, -0.2) is 18.1 Å². The van der Waals surface area contributed by atoms with Crippen molar-refractivity contribution in [2.24, 2.45) is 0 Å². The first-order valence-corrected chi connectivity index (χ1v) is 5.87. The molecule has 0 bridgehead atoms. The molecule has 0 aliphatic carbocycles. The van der Waals surface area contributed by atoms with Gasteiger partial charge in [-0.05, 0) is 24.3 Å². The van der Waals surface area contributed by atoms with E-state index in [-0.39, 0.29) is 28.5 Å². The van der Waals surface area contributed by atoms with E-state index in [1.165, 1.54) is 37.4 Å². The van der Waals surface area contributed by atoms with E-state index in [1.54, 1.807) is 6.07 Å². The molecule has 0 radical (unpaired) electrons. The zero-order valence-corrected chi connectivity index (χ0v) is 11.1. The summed E-state index contributed by atoms with van der Waals surface area (Å²) in [4.78, 5) is 15.4. The second-order valence-corrected chi connectivity index (χ2v) is 4.03. The summed E-state index contributed by atoms with van der Waals surface area (Å²) in [6.45, 7) is 0. The molecule has 0 fully saturated rings. The van der Waals surface area contributed by atoms with E-state index in [9.17, 15) is 9.18 Å². The fourth-order valence-electron chi connectivity index (χ4n) is 1.66. The van der Waals surface area contributed by atoms with Crippen molar-refractivity contribution in [3.8, 4) is 6.07 Å². The molecule has 0 saturated heterocycles. The van der Waals surface area contributed by atoms with Crippen molar-refractivity contribution in [3.05, 3.63) is 47.4 Å². The fourth-order valence-corrected chi connectivity index (χ4v) is 1.66. The number of nitrogen functional groups attached to an aromatic ring is 1. The number of aromatic nitrogens is 1. The molecule has 0 aliphatic heterocycles. The van der Waals surface area contributed by atoms with Gasteiger partial charge in [-0.3, -0.25) is 0 Å². The van der Waals surface area contributed by atoms with Crippen LogP contribution in [-0.2, 0) is 4.74 Å². The smallest absolute Gasteiger partial charge is 0.356 e. The van der Waals surface area contributed by atoms with Crippen LogP contribution in [0.2, 0.25) is 0 Å². The van der Waals surface area contributed by atoms with Gasteiger partial charge in [-0.2, -0.15) is 5.26 Å². The lowest BCUT2D eigenvalue weighted by Gasteiger charge is -2.11. The summed E-state index contributed by atoms with van der Waals surface area (Å²) in [5, 5.41) is 11.7. The summed E-state index contributed by atoms with van der Waals surface area (Å²) in [6, 6.07) is 8.75. The second-order valence-electron chi connectivity index (χ2n) is 4.03. The van der Waals surface area contributed by atoms with Gasteiger partial charge in [-0.25, -0.2) is 14.2 Å². The van der Waals surface area contributed by atoms with Crippen LogP contribution >= 0.6 is 0 Å². The molecule has 6 nitrogen and oxygen atoms in total. The maximum atomic E-state index is 13.5. The number of esters is 1. The van der Waals surface area contributed by atoms with Crippen molar-refractivity contribution in [2.45, 2.75) is 0 Å². The normalized spacial score (nSPS) is 9.76. The number of hydrogen-bond donors (Lipinski definition) is 2. The molecule has 1 aromatic heterocycles. The van der Waals surface area contributed by atoms with E-state index in [0.29, 0.717) is 0 Å². The topological polar surface area (TPSA) is 101 Å². The molecule has 0 amide bonds. The first-order valence-electron chi connectivity index (χ1n) is 5.87. The lowest BCUT2D eigenvalue weighted by molar-refractivity contribution is 0.0594. The number of methoxy groups -OCH3 is 1. The van der Waals surface area contributed by atoms with Gasteiger partial charge in [0.15, 0.2) is 11.5 Å². The molecule has 3 N–H and O–H groups in total. The van der Waals surface area contributed by atoms with E-state index in [1.807, 2.05) is 0 Å². The Morgan fingerprint density at radius 2 is 2.19 bits per heavy atom. The number of halogens is 1. The molecule has 0 saturated carbocycles. The van der Waals surface area contributed by atoms with E-state index in [4.69, 9.17) is 11.0 Å². The predicted octanol–water partition coefficient (Wildman–Crippen LogP) is 2.20. The number of carbonyl (C=O) groups is 1. The zero-order valence-electron chi connectivity index (χ0n) is 11.1. The van der Waals surface area contributed by atoms with Crippen LogP contribution in [0.1, 0.15) is 16.1 Å². The lowest BCUT2D eigenvalue weighted by atomic mass is 10.2. The molecule has 2 aromatic rings. The van der Waals surface area contributed by atoms with E-state index >= 15 is 0 Å². The average molecular weight is 286 g/mol. The van der Waals surface area contributed by atoms with Crippen molar-refractivity contribution in [2.75, 3.05) is 18.2 Å². The van der Waals surface area contributed by atoms with Gasteiger partial charge in [0.1, 0.15) is 17.4 Å². The maximum absolute atomic E-state index is 13.5. The maximum Gasteiger partial charge on any atom is 0.356 e. The standard InChI is InChI=1S/C14H11FN4O2/c1-21-14(20)12-6-5-10(17)13(19-12)18-11-4-2-3-9(15)8(11)7-16/h2-6H,17H2,1H3,(H,18,19). The largest absolute Gasteiger partial charge is 0.464 e. The van der Waals surface area contributed by atoms with Gasteiger partial charge in [-0.15, -0.1) is 0 Å². The zero-order chi connectivity index (χ0) is 15.4. The summed E-state index contributed by atoms with van der Waals surface area (Å²) in [5.41, 5.74) is 6.09. The van der Waals surface area contributed by atoms with E-state index in [2.05, 4.69) is 15.0 Å². The lowest BCUT2D eigenvalue weighted by Crippen LogP contribution is -2.08. The number of pyridine rings is 1. The van der Waals surface area contributed by atoms with Crippen molar-refractivity contribution >= 4 is 23.2 Å². The monoisotopic (exact) mass is 286 g/mol. The number of anilines is 3. The molecular weight excluding hydrogens is 275 g/mol. The number of benzene rings is 1. The number of ether oxygens (including phenoxy) is 1. The Hall–Kier alpha value is -3.14. The Bertz CT molecular complexity index is 740. The van der Waals surface area contributed by atoms with Crippen LogP contribution in [0.4, 0.5) is 21.6 Å². The molecule has 7 heteroatoms. The molecular formula is C14H11FN4O2. The van der Waals surface area contributed by atoms with Gasteiger partial charge in [0, 0.05) is 0 Å². The Balaban J connectivity index is 2.43. The van der Waals surface area contributed by atoms with Crippen molar-refractivity contribution in [1.29, 1.82) is 5.26 Å². The van der Waals surface area contributed by atoms with Gasteiger partial charge in [0.25, 0.3) is 0 Å². The molecule has 0 atom stereocenters. The summed E-state index contributed by atoms with van der Waals surface area (Å²) in [5.74, 6) is -1.15. The average Bonchev–Trinajstić information content (AvgIpc) is 2.49. The minimum Gasteiger partial charge on any atom is -0.464 e. The Morgan fingerprint density at radius 3 is 2.86 bits per heavy atom. The van der Waals surface area contributed by atoms with Gasteiger partial charge in [0.05, 0.1) is 18.5 Å². The number of rotatable bonds is 3. The van der Waals surface area contributed by atoms with Crippen molar-refractivity contribution in [3.63, 3.8) is 0 Å². The summed E-state index contributed by atoms with van der Waals surface area (Å²) < 4.78 is 18.1. The van der Waals surface area contributed by atoms with Crippen LogP contribution < -0.4 is 11.1 Å². The van der Waals surface area contributed by atoms with Crippen LogP contribution in [0.15, 0.2) is 30.3 Å². The highest BCUT2D eigenvalue weighted by Crippen LogP contribution is 2.25. The summed E-state index contributed by atoms with van der Waals surface area (Å²) in [7, 11) is 1.23. The molecule has 106 valence electrons. The highest BCUT2D eigenvalue weighted by molar-refractivity contribution is 5.89. The van der Waals surface area contributed by atoms with Gasteiger partial charge < -0.3 is 15.8 Å². The molecule has 0 spiro atoms. The number of nitrogens with zero attached hydrogens (tertiary/aromatic N) is 2. The second kappa shape index (κ2) is 5.88. The van der Waals surface area contributed by atoms with Crippen molar-refractivity contribution < 1.29 is 13.9 Å². The third-order valence-electron chi connectivity index (χ3n) is 2.70. The highest BCUT2D eigenvalue weighted by atomic mass is 19.1. The molecule has 2 rings (SSSR count). The molecule has 0 unspecified atom stereocenters. The highest BCUT2D eigenvalue weighted by Gasteiger charge is 2.13. The SMILES string of the molecule is COC(=O)c1ccc(N)c(Nc2cccc(F)c2C#N)n1. The molecule has 1 aromatic carbocycles. The van der Waals surface area contributed by atoms with E-state index < -0.39 is 11.8 Å². The first-order chi connectivity index (χ1) is 10.1. The summed E-state index contributed by atoms with van der Waals surface area (Å²) in [6.07, 6.45) is 0. The third-order valence-corrected chi connectivity index (χ3v) is 2.70. The Labute approximate surface area is 120 Å². The Morgan fingerprint density at radius 1 is 1.43 bits per heavy atom. The van der Waals surface area contributed by atoms with Gasteiger partial charge in [0.2, 0.25) is 0 Å². The molecule has 1 heterocycles. The quantitative estimate of drug-likeness (QED) is 0.839. The van der Waals surface area contributed by atoms with Crippen LogP contribution in [0.5, 0.6) is 0 Å². The minimum atomic E-state index is -0.662. The van der Waals surface area contributed by atoms with Gasteiger partial charge >= 0.3 is 5.97 Å². The van der Waals surface area contributed by atoms with E-state index in [0.717, 1.165) is 0 Å². The minimum absolute atomic E-state index is 0.0455. The first kappa shape index (κ1) is 14.3. The number of carbonyl (C=O) groups excluding carboxylic acids is 1. The number of nitriles is 1. The Kier molecular flexibility index (Phi) is 4.00.